The molecule has 4 aromatic rings. The molecule has 28 heavy (non-hydrogen) atoms. The fraction of sp³-hybridized carbons (Fsp3) is 0.174. The number of ether oxygens (including phenoxy) is 1. The van der Waals surface area contributed by atoms with Gasteiger partial charge in [-0.2, -0.15) is 0 Å². The molecule has 1 aromatic heterocycles. The summed E-state index contributed by atoms with van der Waals surface area (Å²) in [5.41, 5.74) is 3.65. The third kappa shape index (κ3) is 2.64. The molecule has 4 nitrogen and oxygen atoms in total. The van der Waals surface area contributed by atoms with Crippen LogP contribution in [0, 0.1) is 13.8 Å². The summed E-state index contributed by atoms with van der Waals surface area (Å²) in [5, 5.41) is 13.8. The zero-order chi connectivity index (χ0) is 20.0. The highest BCUT2D eigenvalue weighted by Gasteiger charge is 2.26. The topological polar surface area (TPSA) is 51.5 Å². The molecule has 0 aliphatic carbocycles. The molecule has 0 radical (unpaired) electrons. The third-order valence-electron chi connectivity index (χ3n) is 5.14. The largest absolute Gasteiger partial charge is 0.507 e. The highest BCUT2D eigenvalue weighted by Crippen LogP contribution is 2.42. The van der Waals surface area contributed by atoms with Crippen molar-refractivity contribution >= 4 is 39.2 Å². The van der Waals surface area contributed by atoms with E-state index in [0.717, 1.165) is 27.7 Å². The quantitative estimate of drug-likeness (QED) is 0.438. The van der Waals surface area contributed by atoms with Crippen molar-refractivity contribution in [1.29, 1.82) is 0 Å². The molecule has 0 atom stereocenters. The Bertz CT molecular complexity index is 1220. The smallest absolute Gasteiger partial charge is 0.340 e. The summed E-state index contributed by atoms with van der Waals surface area (Å²) in [4.78, 5) is 12.8. The van der Waals surface area contributed by atoms with Crippen molar-refractivity contribution in [1.82, 2.24) is 4.57 Å². The number of aromatic nitrogens is 1. The van der Waals surface area contributed by atoms with Crippen LogP contribution in [0.1, 0.15) is 28.5 Å². The van der Waals surface area contributed by atoms with Crippen molar-refractivity contribution in [3.05, 3.63) is 70.4 Å². The molecule has 1 heterocycles. The van der Waals surface area contributed by atoms with Crippen LogP contribution >= 0.6 is 11.6 Å². The summed E-state index contributed by atoms with van der Waals surface area (Å²) in [7, 11) is 0. The lowest BCUT2D eigenvalue weighted by Crippen LogP contribution is -2.07. The van der Waals surface area contributed by atoms with E-state index in [1.54, 1.807) is 6.92 Å². The number of esters is 1. The van der Waals surface area contributed by atoms with Gasteiger partial charge in [-0.1, -0.05) is 35.9 Å². The predicted octanol–water partition coefficient (Wildman–Crippen LogP) is 5.94. The summed E-state index contributed by atoms with van der Waals surface area (Å²) in [6.07, 6.45) is 0. The second-order valence-corrected chi connectivity index (χ2v) is 7.17. The average molecular weight is 394 g/mol. The van der Waals surface area contributed by atoms with Crippen LogP contribution in [0.2, 0.25) is 5.02 Å². The summed E-state index contributed by atoms with van der Waals surface area (Å²) < 4.78 is 7.37. The van der Waals surface area contributed by atoms with E-state index in [-0.39, 0.29) is 12.4 Å². The first kappa shape index (κ1) is 18.4. The lowest BCUT2D eigenvalue weighted by Gasteiger charge is -2.12. The van der Waals surface area contributed by atoms with E-state index in [4.69, 9.17) is 16.3 Å². The van der Waals surface area contributed by atoms with Crippen LogP contribution in [-0.2, 0) is 4.74 Å². The minimum Gasteiger partial charge on any atom is -0.507 e. The molecule has 142 valence electrons. The van der Waals surface area contributed by atoms with Gasteiger partial charge in [0.2, 0.25) is 0 Å². The average Bonchev–Trinajstić information content (AvgIpc) is 3.00. The molecule has 0 aliphatic rings. The van der Waals surface area contributed by atoms with E-state index < -0.39 is 5.97 Å². The number of halogens is 1. The van der Waals surface area contributed by atoms with Crippen molar-refractivity contribution < 1.29 is 14.6 Å². The van der Waals surface area contributed by atoms with Gasteiger partial charge in [-0.3, -0.25) is 0 Å². The van der Waals surface area contributed by atoms with E-state index >= 15 is 0 Å². The van der Waals surface area contributed by atoms with E-state index in [1.807, 2.05) is 66.9 Å². The molecule has 1 N–H and O–H groups in total. The Hall–Kier alpha value is -2.98. The normalized spacial score (nSPS) is 11.3. The molecule has 5 heteroatoms. The van der Waals surface area contributed by atoms with Crippen molar-refractivity contribution in [3.63, 3.8) is 0 Å². The van der Waals surface area contributed by atoms with Crippen LogP contribution in [0.3, 0.4) is 0 Å². The molecular weight excluding hydrogens is 374 g/mol. The Balaban J connectivity index is 2.24. The molecule has 0 saturated carbocycles. The highest BCUT2D eigenvalue weighted by molar-refractivity contribution is 6.30. The maximum absolute atomic E-state index is 12.8. The van der Waals surface area contributed by atoms with E-state index in [2.05, 4.69) is 0 Å². The molecule has 3 aromatic carbocycles. The summed E-state index contributed by atoms with van der Waals surface area (Å²) in [5.74, 6) is -0.211. The Labute approximate surface area is 167 Å². The van der Waals surface area contributed by atoms with Gasteiger partial charge in [-0.15, -0.1) is 0 Å². The Morgan fingerprint density at radius 3 is 2.36 bits per heavy atom. The van der Waals surface area contributed by atoms with E-state index in [9.17, 15) is 9.90 Å². The number of nitrogens with zero attached hydrogens (tertiary/aromatic N) is 1. The number of rotatable bonds is 3. The van der Waals surface area contributed by atoms with Gasteiger partial charge in [0.15, 0.2) is 0 Å². The number of hydrogen-bond donors (Lipinski definition) is 1. The van der Waals surface area contributed by atoms with Crippen molar-refractivity contribution in [2.24, 2.45) is 0 Å². The number of benzene rings is 3. The van der Waals surface area contributed by atoms with Crippen LogP contribution in [0.25, 0.3) is 27.4 Å². The van der Waals surface area contributed by atoms with Gasteiger partial charge in [-0.05, 0) is 45.0 Å². The van der Waals surface area contributed by atoms with Gasteiger partial charge in [0, 0.05) is 38.1 Å². The van der Waals surface area contributed by atoms with Crippen LogP contribution in [0.5, 0.6) is 5.75 Å². The highest BCUT2D eigenvalue weighted by atomic mass is 35.5. The summed E-state index contributed by atoms with van der Waals surface area (Å²) >= 11 is 6.08. The SMILES string of the molecule is CCOC(=O)c1c(C)n(-c2ccc(Cl)cc2)c2c1c(C)c(O)c1ccccc12. The first-order chi connectivity index (χ1) is 13.5. The van der Waals surface area contributed by atoms with Crippen LogP contribution in [0.15, 0.2) is 48.5 Å². The van der Waals surface area contributed by atoms with Gasteiger partial charge < -0.3 is 14.4 Å². The molecular formula is C23H20ClNO3. The monoisotopic (exact) mass is 393 g/mol. The maximum Gasteiger partial charge on any atom is 0.340 e. The molecule has 0 unspecified atom stereocenters. The fourth-order valence-electron chi connectivity index (χ4n) is 3.89. The number of aromatic hydroxyl groups is 1. The van der Waals surface area contributed by atoms with E-state index in [0.29, 0.717) is 21.5 Å². The molecule has 0 amide bonds. The van der Waals surface area contributed by atoms with Crippen LogP contribution in [0.4, 0.5) is 0 Å². The van der Waals surface area contributed by atoms with Gasteiger partial charge >= 0.3 is 5.97 Å². The maximum atomic E-state index is 12.8. The van der Waals surface area contributed by atoms with Gasteiger partial charge in [0.1, 0.15) is 5.75 Å². The lowest BCUT2D eigenvalue weighted by molar-refractivity contribution is 0.0527. The number of carbonyl (C=O) groups excluding carboxylic acids is 1. The minimum absolute atomic E-state index is 0.182. The fourth-order valence-corrected chi connectivity index (χ4v) is 4.02. The molecule has 0 bridgehead atoms. The number of hydrogen-bond acceptors (Lipinski definition) is 3. The summed E-state index contributed by atoms with van der Waals surface area (Å²) in [6, 6.07) is 15.1. The number of phenols is 1. The zero-order valence-corrected chi connectivity index (χ0v) is 16.7. The first-order valence-electron chi connectivity index (χ1n) is 9.14. The van der Waals surface area contributed by atoms with Gasteiger partial charge in [0.05, 0.1) is 17.7 Å². The second kappa shape index (κ2) is 6.88. The number of phenolic OH excluding ortho intramolecular Hbond substituents is 1. The van der Waals surface area contributed by atoms with Crippen LogP contribution < -0.4 is 0 Å². The zero-order valence-electron chi connectivity index (χ0n) is 15.9. The second-order valence-electron chi connectivity index (χ2n) is 6.74. The molecule has 0 fully saturated rings. The van der Waals surface area contributed by atoms with E-state index in [1.165, 1.54) is 0 Å². The number of aryl methyl sites for hydroxylation is 1. The number of carbonyl (C=O) groups is 1. The summed E-state index contributed by atoms with van der Waals surface area (Å²) in [6.45, 7) is 5.79. The molecule has 0 spiro atoms. The Kier molecular flexibility index (Phi) is 4.52. The third-order valence-corrected chi connectivity index (χ3v) is 5.39. The Morgan fingerprint density at radius 1 is 1.07 bits per heavy atom. The molecule has 0 saturated heterocycles. The standard InChI is InChI=1S/C23H20ClNO3/c1-4-28-23(27)20-14(3)25(16-11-9-15(24)10-12-16)21-17-7-5-6-8-18(17)22(26)13(2)19(20)21/h5-12,26H,4H2,1-3H3. The van der Waals surface area contributed by atoms with Crippen LogP contribution in [-0.4, -0.2) is 22.2 Å². The van der Waals surface area contributed by atoms with Crippen molar-refractivity contribution in [2.45, 2.75) is 20.8 Å². The Morgan fingerprint density at radius 2 is 1.71 bits per heavy atom. The lowest BCUT2D eigenvalue weighted by atomic mass is 9.98. The van der Waals surface area contributed by atoms with Gasteiger partial charge in [0.25, 0.3) is 0 Å². The van der Waals surface area contributed by atoms with Crippen molar-refractivity contribution in [2.75, 3.05) is 6.61 Å². The first-order valence-corrected chi connectivity index (χ1v) is 9.51. The molecule has 0 aliphatic heterocycles. The number of fused-ring (bicyclic) bond motifs is 3. The predicted molar refractivity (Wildman–Crippen MR) is 113 cm³/mol. The van der Waals surface area contributed by atoms with Crippen molar-refractivity contribution in [3.8, 4) is 11.4 Å². The minimum atomic E-state index is -0.393. The van der Waals surface area contributed by atoms with Gasteiger partial charge in [-0.25, -0.2) is 4.79 Å². The molecule has 4 rings (SSSR count).